The lowest BCUT2D eigenvalue weighted by atomic mass is 9.73. The van der Waals surface area contributed by atoms with Gasteiger partial charge in [0.25, 0.3) is 0 Å². The normalized spacial score (nSPS) is 22.8. The molecule has 2 aliphatic rings. The molecule has 0 radical (unpaired) electrons. The van der Waals surface area contributed by atoms with E-state index in [4.69, 9.17) is 0 Å². The van der Waals surface area contributed by atoms with E-state index in [0.29, 0.717) is 18.0 Å². The average Bonchev–Trinajstić information content (AvgIpc) is 3.00. The number of hydrogen-bond donors (Lipinski definition) is 1. The van der Waals surface area contributed by atoms with Gasteiger partial charge in [0.15, 0.2) is 11.5 Å². The highest BCUT2D eigenvalue weighted by Crippen LogP contribution is 2.49. The van der Waals surface area contributed by atoms with Crippen molar-refractivity contribution < 1.29 is 9.90 Å². The maximum Gasteiger partial charge on any atom is 0.249 e. The molecule has 0 bridgehead atoms. The van der Waals surface area contributed by atoms with Gasteiger partial charge in [-0.1, -0.05) is 12.8 Å². The van der Waals surface area contributed by atoms with E-state index >= 15 is 0 Å². The zero-order valence-electron chi connectivity index (χ0n) is 10.4. The first-order valence-corrected chi connectivity index (χ1v) is 7.10. The Hall–Kier alpha value is -1.63. The number of carbonyl (C=O) groups excluding carboxylic acids is 1. The lowest BCUT2D eigenvalue weighted by Crippen LogP contribution is -2.28. The van der Waals surface area contributed by atoms with Gasteiger partial charge in [0.2, 0.25) is 5.13 Å². The molecular formula is C12H14N4O2S. The summed E-state index contributed by atoms with van der Waals surface area (Å²) in [6, 6.07) is 0. The van der Waals surface area contributed by atoms with Crippen molar-refractivity contribution in [1.29, 1.82) is 0 Å². The van der Waals surface area contributed by atoms with Crippen molar-refractivity contribution >= 4 is 22.4 Å². The fraction of sp³-hybridized carbons (Fsp3) is 0.583. The summed E-state index contributed by atoms with van der Waals surface area (Å²) in [4.78, 5) is 16.0. The molecule has 6 nitrogen and oxygen atoms in total. The number of allylic oxidation sites excluding steroid dienone is 2. The second-order valence-corrected chi connectivity index (χ2v) is 5.96. The third kappa shape index (κ3) is 2.42. The van der Waals surface area contributed by atoms with Gasteiger partial charge in [-0.15, -0.1) is 10.2 Å². The van der Waals surface area contributed by atoms with E-state index in [1.165, 1.54) is 6.33 Å². The minimum atomic E-state index is -0.112. The largest absolute Gasteiger partial charge is 0.510 e. The van der Waals surface area contributed by atoms with Crippen molar-refractivity contribution in [2.75, 3.05) is 0 Å². The molecule has 2 aliphatic carbocycles. The lowest BCUT2D eigenvalue weighted by molar-refractivity contribution is -0.119. The predicted octanol–water partition coefficient (Wildman–Crippen LogP) is 3.31. The van der Waals surface area contributed by atoms with Gasteiger partial charge in [-0.3, -0.25) is 4.79 Å². The smallest absolute Gasteiger partial charge is 0.249 e. The molecule has 0 unspecified atom stereocenters. The number of rotatable bonds is 2. The fourth-order valence-electron chi connectivity index (χ4n) is 2.98. The standard InChI is InChI=1S/C12H14N4O2S/c17-8-5-12(3-1-2-4-12)6-9(18)10(8)15-16-11-13-7-14-19-11/h7,17H,1-6H2. The van der Waals surface area contributed by atoms with Crippen LogP contribution < -0.4 is 0 Å². The Labute approximate surface area is 114 Å². The monoisotopic (exact) mass is 278 g/mol. The Morgan fingerprint density at radius 2 is 2.05 bits per heavy atom. The number of aromatic nitrogens is 2. The van der Waals surface area contributed by atoms with Gasteiger partial charge in [0, 0.05) is 24.4 Å². The summed E-state index contributed by atoms with van der Waals surface area (Å²) in [5.74, 6) is -0.0367. The van der Waals surface area contributed by atoms with E-state index in [-0.39, 0.29) is 22.7 Å². The van der Waals surface area contributed by atoms with Gasteiger partial charge >= 0.3 is 0 Å². The molecule has 7 heteroatoms. The van der Waals surface area contributed by atoms with Gasteiger partial charge in [0.05, 0.1) is 0 Å². The Balaban J connectivity index is 1.83. The number of aliphatic hydroxyl groups is 1. The number of nitrogens with zero attached hydrogens (tertiary/aromatic N) is 4. The molecule has 1 aromatic heterocycles. The van der Waals surface area contributed by atoms with E-state index < -0.39 is 0 Å². The SMILES string of the molecule is O=C1CC2(CCCC2)CC(O)=C1N=Nc1ncns1. The molecule has 1 fully saturated rings. The van der Waals surface area contributed by atoms with Crippen molar-refractivity contribution in [3.8, 4) is 0 Å². The van der Waals surface area contributed by atoms with Crippen LogP contribution in [0.2, 0.25) is 0 Å². The molecule has 0 atom stereocenters. The maximum absolute atomic E-state index is 12.1. The molecule has 1 spiro atoms. The van der Waals surface area contributed by atoms with Crippen molar-refractivity contribution in [2.24, 2.45) is 15.6 Å². The molecule has 3 rings (SSSR count). The summed E-state index contributed by atoms with van der Waals surface area (Å²) in [5, 5.41) is 18.1. The van der Waals surface area contributed by atoms with E-state index in [1.54, 1.807) is 0 Å². The average molecular weight is 278 g/mol. The highest BCUT2D eigenvalue weighted by Gasteiger charge is 2.42. The summed E-state index contributed by atoms with van der Waals surface area (Å²) in [5.41, 5.74) is 0.0656. The topological polar surface area (TPSA) is 87.8 Å². The summed E-state index contributed by atoms with van der Waals surface area (Å²) >= 11 is 1.10. The number of ketones is 1. The van der Waals surface area contributed by atoms with Crippen LogP contribution >= 0.6 is 11.5 Å². The fourth-order valence-corrected chi connectivity index (χ4v) is 3.34. The summed E-state index contributed by atoms with van der Waals surface area (Å²) in [6.45, 7) is 0. The molecule has 0 aromatic carbocycles. The van der Waals surface area contributed by atoms with Crippen LogP contribution in [-0.2, 0) is 4.79 Å². The van der Waals surface area contributed by atoms with Crippen molar-refractivity contribution in [2.45, 2.75) is 38.5 Å². The molecule has 1 heterocycles. The maximum atomic E-state index is 12.1. The number of aliphatic hydroxyl groups excluding tert-OH is 1. The van der Waals surface area contributed by atoms with E-state index in [1.807, 2.05) is 0 Å². The molecular weight excluding hydrogens is 264 g/mol. The van der Waals surface area contributed by atoms with Gasteiger partial charge in [0.1, 0.15) is 12.1 Å². The zero-order valence-corrected chi connectivity index (χ0v) is 11.2. The molecule has 1 saturated carbocycles. The minimum absolute atomic E-state index is 0.0249. The Morgan fingerprint density at radius 1 is 1.26 bits per heavy atom. The molecule has 19 heavy (non-hydrogen) atoms. The molecule has 1 aromatic rings. The van der Waals surface area contributed by atoms with Crippen LogP contribution in [0.15, 0.2) is 28.0 Å². The van der Waals surface area contributed by atoms with E-state index in [0.717, 1.165) is 37.2 Å². The minimum Gasteiger partial charge on any atom is -0.510 e. The number of carbonyl (C=O) groups is 1. The van der Waals surface area contributed by atoms with Crippen LogP contribution in [0.1, 0.15) is 38.5 Å². The van der Waals surface area contributed by atoms with Gasteiger partial charge in [-0.05, 0) is 18.3 Å². The third-order valence-electron chi connectivity index (χ3n) is 3.86. The summed E-state index contributed by atoms with van der Waals surface area (Å²) in [7, 11) is 0. The first-order valence-electron chi connectivity index (χ1n) is 6.32. The highest BCUT2D eigenvalue weighted by molar-refractivity contribution is 7.09. The summed E-state index contributed by atoms with van der Waals surface area (Å²) in [6.07, 6.45) is 6.71. The number of hydrogen-bond acceptors (Lipinski definition) is 7. The predicted molar refractivity (Wildman–Crippen MR) is 69.2 cm³/mol. The molecule has 100 valence electrons. The molecule has 0 saturated heterocycles. The van der Waals surface area contributed by atoms with Crippen LogP contribution in [0, 0.1) is 5.41 Å². The van der Waals surface area contributed by atoms with Gasteiger partial charge < -0.3 is 5.11 Å². The Kier molecular flexibility index (Phi) is 3.14. The van der Waals surface area contributed by atoms with Crippen LogP contribution in [0.4, 0.5) is 5.13 Å². The Bertz CT molecular complexity index is 544. The van der Waals surface area contributed by atoms with E-state index in [2.05, 4.69) is 19.6 Å². The zero-order chi connectivity index (χ0) is 13.3. The molecule has 0 amide bonds. The van der Waals surface area contributed by atoms with Gasteiger partial charge in [-0.2, -0.15) is 4.37 Å². The number of azo groups is 1. The Morgan fingerprint density at radius 3 is 2.68 bits per heavy atom. The quantitative estimate of drug-likeness (QED) is 0.840. The van der Waals surface area contributed by atoms with Crippen molar-refractivity contribution in [3.63, 3.8) is 0 Å². The second kappa shape index (κ2) is 4.80. The van der Waals surface area contributed by atoms with Crippen molar-refractivity contribution in [1.82, 2.24) is 9.36 Å². The lowest BCUT2D eigenvalue weighted by Gasteiger charge is -2.31. The first-order chi connectivity index (χ1) is 9.19. The van der Waals surface area contributed by atoms with Crippen molar-refractivity contribution in [3.05, 3.63) is 17.8 Å². The summed E-state index contributed by atoms with van der Waals surface area (Å²) < 4.78 is 3.80. The van der Waals surface area contributed by atoms with E-state index in [9.17, 15) is 9.90 Å². The van der Waals surface area contributed by atoms with Crippen LogP contribution in [0.25, 0.3) is 0 Å². The molecule has 1 N–H and O–H groups in total. The van der Waals surface area contributed by atoms with Crippen LogP contribution in [-0.4, -0.2) is 20.2 Å². The van der Waals surface area contributed by atoms with Crippen LogP contribution in [0.3, 0.4) is 0 Å². The van der Waals surface area contributed by atoms with Gasteiger partial charge in [-0.25, -0.2) is 4.98 Å². The highest BCUT2D eigenvalue weighted by atomic mass is 32.1. The third-order valence-corrected chi connectivity index (χ3v) is 4.41. The van der Waals surface area contributed by atoms with Crippen LogP contribution in [0.5, 0.6) is 0 Å². The number of Topliss-reactive ketones (excluding diaryl/α,β-unsaturated/α-hetero) is 1. The molecule has 0 aliphatic heterocycles. The second-order valence-electron chi connectivity index (χ2n) is 5.20. The first kappa shape index (κ1) is 12.4.